The van der Waals surface area contributed by atoms with E-state index in [0.717, 1.165) is 0 Å². The maximum atomic E-state index is 14.2. The standard InChI is InChI=1S/C44H26O4/c45-41(27-13-5-1-6-14-27)35-25-36(42(46)28-15-7-2-8-16-28)32-23-24-34-38(44(48)30-19-11-4-12-20-30)26-37(43(47)29-17-9-3-10-18-29)33-22-21-31(35)39(32)40(33)34/h1-26H. The summed E-state index contributed by atoms with van der Waals surface area (Å²) in [6.07, 6.45) is 0. The van der Waals surface area contributed by atoms with Gasteiger partial charge in [0.15, 0.2) is 23.1 Å². The summed E-state index contributed by atoms with van der Waals surface area (Å²) >= 11 is 0. The van der Waals surface area contributed by atoms with Gasteiger partial charge < -0.3 is 0 Å². The quantitative estimate of drug-likeness (QED) is 0.126. The highest BCUT2D eigenvalue weighted by atomic mass is 16.1. The Morgan fingerprint density at radius 3 is 0.688 bits per heavy atom. The molecule has 0 aliphatic rings. The average Bonchev–Trinajstić information content (AvgIpc) is 3.16. The zero-order valence-corrected chi connectivity index (χ0v) is 25.6. The topological polar surface area (TPSA) is 68.3 Å². The number of carbonyl (C=O) groups is 4. The molecule has 8 aromatic carbocycles. The van der Waals surface area contributed by atoms with E-state index in [2.05, 4.69) is 0 Å². The summed E-state index contributed by atoms with van der Waals surface area (Å²) in [6, 6.07) is 46.7. The molecule has 0 aliphatic heterocycles. The van der Waals surface area contributed by atoms with Crippen LogP contribution in [0.5, 0.6) is 0 Å². The van der Waals surface area contributed by atoms with E-state index < -0.39 is 0 Å². The monoisotopic (exact) mass is 618 g/mol. The van der Waals surface area contributed by atoms with Crippen LogP contribution in [-0.2, 0) is 0 Å². The Bertz CT molecular complexity index is 2180. The minimum absolute atomic E-state index is 0.225. The lowest BCUT2D eigenvalue weighted by Crippen LogP contribution is -2.11. The maximum absolute atomic E-state index is 14.2. The number of carbonyl (C=O) groups excluding carboxylic acids is 4. The van der Waals surface area contributed by atoms with Crippen LogP contribution in [0.25, 0.3) is 32.3 Å². The van der Waals surface area contributed by atoms with Crippen molar-refractivity contribution >= 4 is 55.5 Å². The second-order valence-corrected chi connectivity index (χ2v) is 11.8. The van der Waals surface area contributed by atoms with E-state index in [-0.39, 0.29) is 23.1 Å². The molecule has 0 heterocycles. The Balaban J connectivity index is 1.51. The molecule has 0 amide bonds. The molecule has 0 aromatic heterocycles. The Morgan fingerprint density at radius 2 is 0.479 bits per heavy atom. The molecule has 4 nitrogen and oxygen atoms in total. The van der Waals surface area contributed by atoms with E-state index in [1.54, 1.807) is 60.7 Å². The van der Waals surface area contributed by atoms with Crippen LogP contribution in [0.2, 0.25) is 0 Å². The molecule has 0 saturated carbocycles. The van der Waals surface area contributed by atoms with Gasteiger partial charge in [-0.3, -0.25) is 19.2 Å². The van der Waals surface area contributed by atoms with Crippen LogP contribution in [-0.4, -0.2) is 23.1 Å². The van der Waals surface area contributed by atoms with Crippen molar-refractivity contribution in [3.8, 4) is 0 Å². The van der Waals surface area contributed by atoms with Crippen LogP contribution in [0.3, 0.4) is 0 Å². The van der Waals surface area contributed by atoms with Crippen molar-refractivity contribution in [3.63, 3.8) is 0 Å². The fourth-order valence-corrected chi connectivity index (χ4v) is 6.72. The highest BCUT2D eigenvalue weighted by Crippen LogP contribution is 2.42. The Morgan fingerprint density at radius 1 is 0.271 bits per heavy atom. The predicted molar refractivity (Wildman–Crippen MR) is 190 cm³/mol. The minimum atomic E-state index is -0.225. The van der Waals surface area contributed by atoms with E-state index >= 15 is 0 Å². The van der Waals surface area contributed by atoms with Crippen molar-refractivity contribution in [2.24, 2.45) is 0 Å². The molecule has 0 unspecified atom stereocenters. The Hall–Kier alpha value is -6.52. The molecule has 8 rings (SSSR count). The molecule has 0 saturated heterocycles. The highest BCUT2D eigenvalue weighted by Gasteiger charge is 2.27. The van der Waals surface area contributed by atoms with Crippen molar-refractivity contribution < 1.29 is 19.2 Å². The zero-order valence-electron chi connectivity index (χ0n) is 25.6. The van der Waals surface area contributed by atoms with E-state index in [1.165, 1.54) is 0 Å². The van der Waals surface area contributed by atoms with E-state index in [9.17, 15) is 19.2 Å². The van der Waals surface area contributed by atoms with Crippen molar-refractivity contribution in [2.75, 3.05) is 0 Å². The Labute approximate surface area is 276 Å². The van der Waals surface area contributed by atoms with Crippen LogP contribution in [0, 0.1) is 0 Å². The van der Waals surface area contributed by atoms with Gasteiger partial charge in [0, 0.05) is 44.5 Å². The maximum Gasteiger partial charge on any atom is 0.193 e. The predicted octanol–water partition coefficient (Wildman–Crippen LogP) is 9.51. The van der Waals surface area contributed by atoms with Gasteiger partial charge in [-0.15, -0.1) is 0 Å². The van der Waals surface area contributed by atoms with E-state index in [4.69, 9.17) is 0 Å². The van der Waals surface area contributed by atoms with Gasteiger partial charge in [0.1, 0.15) is 0 Å². The fraction of sp³-hybridized carbons (Fsp3) is 0. The van der Waals surface area contributed by atoms with Gasteiger partial charge in [-0.1, -0.05) is 146 Å². The van der Waals surface area contributed by atoms with Crippen LogP contribution < -0.4 is 0 Å². The third-order valence-electron chi connectivity index (χ3n) is 9.02. The van der Waals surface area contributed by atoms with Gasteiger partial charge in [0.25, 0.3) is 0 Å². The number of hydrogen-bond donors (Lipinski definition) is 0. The molecule has 0 N–H and O–H groups in total. The molecule has 4 heteroatoms. The molecular formula is C44H26O4. The lowest BCUT2D eigenvalue weighted by Gasteiger charge is -2.20. The average molecular weight is 619 g/mol. The van der Waals surface area contributed by atoms with Crippen LogP contribution >= 0.6 is 0 Å². The van der Waals surface area contributed by atoms with Gasteiger partial charge in [0.2, 0.25) is 0 Å². The third kappa shape index (κ3) is 4.70. The minimum Gasteiger partial charge on any atom is -0.289 e. The summed E-state index contributed by atoms with van der Waals surface area (Å²) in [5.74, 6) is -0.901. The molecule has 8 aromatic rings. The molecular weight excluding hydrogens is 592 g/mol. The normalized spacial score (nSPS) is 11.2. The van der Waals surface area contributed by atoms with Gasteiger partial charge in [-0.05, 0) is 44.5 Å². The van der Waals surface area contributed by atoms with Crippen LogP contribution in [0.15, 0.2) is 158 Å². The largest absolute Gasteiger partial charge is 0.289 e. The summed E-state index contributed by atoms with van der Waals surface area (Å²) in [4.78, 5) is 56.8. The van der Waals surface area contributed by atoms with E-state index in [0.29, 0.717) is 76.8 Å². The summed E-state index contributed by atoms with van der Waals surface area (Å²) < 4.78 is 0. The van der Waals surface area contributed by atoms with Gasteiger partial charge in [-0.2, -0.15) is 0 Å². The zero-order chi connectivity index (χ0) is 32.8. The van der Waals surface area contributed by atoms with Crippen molar-refractivity contribution in [1.29, 1.82) is 0 Å². The van der Waals surface area contributed by atoms with Crippen molar-refractivity contribution in [1.82, 2.24) is 0 Å². The second-order valence-electron chi connectivity index (χ2n) is 11.8. The molecule has 0 radical (unpaired) electrons. The van der Waals surface area contributed by atoms with Crippen molar-refractivity contribution in [2.45, 2.75) is 0 Å². The first kappa shape index (κ1) is 28.9. The SMILES string of the molecule is O=C(c1ccccc1)c1cc(C(=O)c2ccccc2)c2ccc3c(C(=O)c4ccccc4)cc(C(=O)c4ccccc4)c4ccc1c2c43. The summed E-state index contributed by atoms with van der Waals surface area (Å²) in [5, 5.41) is 3.90. The second kappa shape index (κ2) is 11.7. The summed E-state index contributed by atoms with van der Waals surface area (Å²) in [5.41, 5.74) is 3.46. The van der Waals surface area contributed by atoms with Crippen LogP contribution in [0.4, 0.5) is 0 Å². The lowest BCUT2D eigenvalue weighted by molar-refractivity contribution is 0.102. The number of rotatable bonds is 8. The molecule has 0 fully saturated rings. The molecule has 0 aliphatic carbocycles. The number of hydrogen-bond acceptors (Lipinski definition) is 4. The summed E-state index contributed by atoms with van der Waals surface area (Å²) in [6.45, 7) is 0. The Kier molecular flexibility index (Phi) is 7.04. The van der Waals surface area contributed by atoms with Crippen LogP contribution in [0.1, 0.15) is 63.7 Å². The number of ketones is 4. The van der Waals surface area contributed by atoms with Gasteiger partial charge in [0.05, 0.1) is 0 Å². The third-order valence-corrected chi connectivity index (χ3v) is 9.02. The summed E-state index contributed by atoms with van der Waals surface area (Å²) in [7, 11) is 0. The number of benzene rings is 8. The first-order chi connectivity index (χ1) is 23.5. The fourth-order valence-electron chi connectivity index (χ4n) is 6.72. The molecule has 0 bridgehead atoms. The molecule has 0 spiro atoms. The van der Waals surface area contributed by atoms with Crippen molar-refractivity contribution in [3.05, 3.63) is 202 Å². The first-order valence-corrected chi connectivity index (χ1v) is 15.7. The first-order valence-electron chi connectivity index (χ1n) is 15.7. The lowest BCUT2D eigenvalue weighted by atomic mass is 9.82. The van der Waals surface area contributed by atoms with Gasteiger partial charge >= 0.3 is 0 Å². The smallest absolute Gasteiger partial charge is 0.193 e. The molecule has 48 heavy (non-hydrogen) atoms. The molecule has 0 atom stereocenters. The van der Waals surface area contributed by atoms with E-state index in [1.807, 2.05) is 97.1 Å². The van der Waals surface area contributed by atoms with Gasteiger partial charge in [-0.25, -0.2) is 0 Å². The molecule has 226 valence electrons. The highest BCUT2D eigenvalue weighted by molar-refractivity contribution is 6.36.